The molecule has 0 bridgehead atoms. The number of nitrogens with one attached hydrogen (secondary N) is 1. The summed E-state index contributed by atoms with van der Waals surface area (Å²) in [6, 6.07) is 8.80. The summed E-state index contributed by atoms with van der Waals surface area (Å²) >= 11 is 5.94. The van der Waals surface area contributed by atoms with Crippen LogP contribution in [0.3, 0.4) is 0 Å². The lowest BCUT2D eigenvalue weighted by Crippen LogP contribution is -2.50. The van der Waals surface area contributed by atoms with E-state index in [4.69, 9.17) is 11.6 Å². The van der Waals surface area contributed by atoms with E-state index in [1.165, 1.54) is 0 Å². The third-order valence-electron chi connectivity index (χ3n) is 4.96. The number of aromatic nitrogens is 2. The molecule has 2 aromatic rings. The summed E-state index contributed by atoms with van der Waals surface area (Å²) in [5.74, 6) is 0.160. The van der Waals surface area contributed by atoms with Crippen LogP contribution in [0, 0.1) is 11.8 Å². The lowest BCUT2D eigenvalue weighted by atomic mass is 10.2. The fraction of sp³-hybridized carbons (Fsp3) is 0.368. The molecular formula is C19H20ClN5O2. The molecule has 0 radical (unpaired) electrons. The van der Waals surface area contributed by atoms with Crippen molar-refractivity contribution >= 4 is 35.1 Å². The molecule has 140 valence electrons. The molecular weight excluding hydrogens is 366 g/mol. The smallest absolute Gasteiger partial charge is 0.228 e. The van der Waals surface area contributed by atoms with Crippen molar-refractivity contribution in [2.24, 2.45) is 11.8 Å². The van der Waals surface area contributed by atoms with E-state index in [0.717, 1.165) is 0 Å². The van der Waals surface area contributed by atoms with Crippen LogP contribution in [0.15, 0.2) is 42.7 Å². The normalized spacial score (nSPS) is 21.7. The number of carbonyl (C=O) groups is 2. The lowest BCUT2D eigenvalue weighted by Gasteiger charge is -2.34. The van der Waals surface area contributed by atoms with Crippen molar-refractivity contribution in [3.05, 3.63) is 47.7 Å². The predicted octanol–water partition coefficient (Wildman–Crippen LogP) is 2.05. The first-order valence-corrected chi connectivity index (χ1v) is 9.37. The highest BCUT2D eigenvalue weighted by Crippen LogP contribution is 2.41. The molecule has 2 heterocycles. The van der Waals surface area contributed by atoms with E-state index in [-0.39, 0.29) is 23.7 Å². The van der Waals surface area contributed by atoms with Gasteiger partial charge < -0.3 is 15.1 Å². The molecule has 0 spiro atoms. The average Bonchev–Trinajstić information content (AvgIpc) is 3.49. The summed E-state index contributed by atoms with van der Waals surface area (Å²) in [5.41, 5.74) is 0.655. The van der Waals surface area contributed by atoms with Crippen molar-refractivity contribution in [2.75, 3.05) is 36.4 Å². The molecule has 8 heteroatoms. The van der Waals surface area contributed by atoms with Crippen LogP contribution in [0.5, 0.6) is 0 Å². The number of nitrogens with zero attached hydrogens (tertiary/aromatic N) is 4. The molecule has 1 aromatic carbocycles. The molecule has 2 atom stereocenters. The molecule has 1 aromatic heterocycles. The SMILES string of the molecule is O=C(Nc1cccc(Cl)c1)C1CC1C(=O)N1CCN(c2ncccn2)CC1. The predicted molar refractivity (Wildman–Crippen MR) is 103 cm³/mol. The van der Waals surface area contributed by atoms with Gasteiger partial charge in [0, 0.05) is 49.3 Å². The van der Waals surface area contributed by atoms with Crippen LogP contribution in [-0.2, 0) is 9.59 Å². The standard InChI is InChI=1S/C19H20ClN5O2/c20-13-3-1-4-14(11-13)23-17(26)15-12-16(15)18(27)24-7-9-25(10-8-24)19-21-5-2-6-22-19/h1-6,11,15-16H,7-10,12H2,(H,23,26). The van der Waals surface area contributed by atoms with E-state index >= 15 is 0 Å². The molecule has 1 aliphatic heterocycles. The van der Waals surface area contributed by atoms with Crippen LogP contribution in [0.25, 0.3) is 0 Å². The molecule has 2 unspecified atom stereocenters. The summed E-state index contributed by atoms with van der Waals surface area (Å²) in [6.45, 7) is 2.64. The van der Waals surface area contributed by atoms with Crippen molar-refractivity contribution in [2.45, 2.75) is 6.42 Å². The molecule has 4 rings (SSSR count). The number of hydrogen-bond acceptors (Lipinski definition) is 5. The van der Waals surface area contributed by atoms with E-state index in [2.05, 4.69) is 20.2 Å². The zero-order chi connectivity index (χ0) is 18.8. The van der Waals surface area contributed by atoms with Gasteiger partial charge in [0.2, 0.25) is 17.8 Å². The third-order valence-corrected chi connectivity index (χ3v) is 5.20. The second-order valence-corrected chi connectivity index (χ2v) is 7.25. The van der Waals surface area contributed by atoms with E-state index in [9.17, 15) is 9.59 Å². The molecule has 2 fully saturated rings. The van der Waals surface area contributed by atoms with Crippen LogP contribution in [0.4, 0.5) is 11.6 Å². The van der Waals surface area contributed by atoms with Gasteiger partial charge in [0.25, 0.3) is 0 Å². The van der Waals surface area contributed by atoms with Gasteiger partial charge in [-0.05, 0) is 30.7 Å². The van der Waals surface area contributed by atoms with Crippen LogP contribution in [-0.4, -0.2) is 52.9 Å². The summed E-state index contributed by atoms with van der Waals surface area (Å²) in [6.07, 6.45) is 4.04. The monoisotopic (exact) mass is 385 g/mol. The van der Waals surface area contributed by atoms with Gasteiger partial charge >= 0.3 is 0 Å². The van der Waals surface area contributed by atoms with Gasteiger partial charge in [0.1, 0.15) is 0 Å². The van der Waals surface area contributed by atoms with E-state index in [1.807, 2.05) is 4.90 Å². The van der Waals surface area contributed by atoms with Crippen molar-refractivity contribution < 1.29 is 9.59 Å². The molecule has 2 amide bonds. The average molecular weight is 386 g/mol. The van der Waals surface area contributed by atoms with Gasteiger partial charge in [-0.15, -0.1) is 0 Å². The number of anilines is 2. The summed E-state index contributed by atoms with van der Waals surface area (Å²) in [5, 5.41) is 3.41. The fourth-order valence-electron chi connectivity index (χ4n) is 3.37. The van der Waals surface area contributed by atoms with E-state index in [0.29, 0.717) is 49.3 Å². The Morgan fingerprint density at radius 1 is 1.04 bits per heavy atom. The molecule has 1 N–H and O–H groups in total. The van der Waals surface area contributed by atoms with Crippen LogP contribution in [0.2, 0.25) is 5.02 Å². The van der Waals surface area contributed by atoms with Crippen molar-refractivity contribution in [3.63, 3.8) is 0 Å². The van der Waals surface area contributed by atoms with Crippen LogP contribution < -0.4 is 10.2 Å². The highest BCUT2D eigenvalue weighted by molar-refractivity contribution is 6.30. The number of rotatable bonds is 4. The molecule has 1 aliphatic carbocycles. The maximum Gasteiger partial charge on any atom is 0.228 e. The van der Waals surface area contributed by atoms with Gasteiger partial charge in [-0.1, -0.05) is 17.7 Å². The maximum absolute atomic E-state index is 12.7. The minimum Gasteiger partial charge on any atom is -0.339 e. The summed E-state index contributed by atoms with van der Waals surface area (Å²) in [7, 11) is 0. The first-order chi connectivity index (χ1) is 13.1. The topological polar surface area (TPSA) is 78.4 Å². The zero-order valence-electron chi connectivity index (χ0n) is 14.7. The van der Waals surface area contributed by atoms with Crippen LogP contribution >= 0.6 is 11.6 Å². The van der Waals surface area contributed by atoms with Crippen molar-refractivity contribution in [1.82, 2.24) is 14.9 Å². The Morgan fingerprint density at radius 2 is 1.78 bits per heavy atom. The Labute approximate surface area is 162 Å². The second-order valence-electron chi connectivity index (χ2n) is 6.81. The first-order valence-electron chi connectivity index (χ1n) is 8.99. The maximum atomic E-state index is 12.7. The molecule has 27 heavy (non-hydrogen) atoms. The van der Waals surface area contributed by atoms with E-state index in [1.54, 1.807) is 42.7 Å². The van der Waals surface area contributed by atoms with Crippen LogP contribution in [0.1, 0.15) is 6.42 Å². The van der Waals surface area contributed by atoms with E-state index < -0.39 is 0 Å². The van der Waals surface area contributed by atoms with Crippen molar-refractivity contribution in [3.8, 4) is 0 Å². The third kappa shape index (κ3) is 4.03. The number of piperazine rings is 1. The molecule has 1 saturated carbocycles. The highest BCUT2D eigenvalue weighted by atomic mass is 35.5. The summed E-state index contributed by atoms with van der Waals surface area (Å²) < 4.78 is 0. The second kappa shape index (κ2) is 7.52. The quantitative estimate of drug-likeness (QED) is 0.871. The summed E-state index contributed by atoms with van der Waals surface area (Å²) in [4.78, 5) is 37.5. The number of amides is 2. The Morgan fingerprint density at radius 3 is 2.48 bits per heavy atom. The molecule has 1 saturated heterocycles. The number of carbonyl (C=O) groups excluding carboxylic acids is 2. The highest BCUT2D eigenvalue weighted by Gasteiger charge is 2.49. The minimum atomic E-state index is -0.257. The molecule has 2 aliphatic rings. The minimum absolute atomic E-state index is 0.0647. The van der Waals surface area contributed by atoms with Gasteiger partial charge in [-0.2, -0.15) is 0 Å². The molecule has 7 nitrogen and oxygen atoms in total. The van der Waals surface area contributed by atoms with Crippen molar-refractivity contribution in [1.29, 1.82) is 0 Å². The fourth-order valence-corrected chi connectivity index (χ4v) is 3.57. The first kappa shape index (κ1) is 17.7. The van der Waals surface area contributed by atoms with Gasteiger partial charge in [-0.3, -0.25) is 9.59 Å². The largest absolute Gasteiger partial charge is 0.339 e. The Balaban J connectivity index is 1.28. The Kier molecular flexibility index (Phi) is 4.94. The number of benzene rings is 1. The number of hydrogen-bond donors (Lipinski definition) is 1. The number of halogens is 1. The zero-order valence-corrected chi connectivity index (χ0v) is 15.5. The Bertz CT molecular complexity index is 839. The lowest BCUT2D eigenvalue weighted by molar-refractivity contribution is -0.134. The van der Waals surface area contributed by atoms with Gasteiger partial charge in [-0.25, -0.2) is 9.97 Å². The van der Waals surface area contributed by atoms with Gasteiger partial charge in [0.15, 0.2) is 0 Å². The van der Waals surface area contributed by atoms with Gasteiger partial charge in [0.05, 0.1) is 11.8 Å². The Hall–Kier alpha value is -2.67.